The number of benzene rings is 2. The molecule has 0 saturated heterocycles. The van der Waals surface area contributed by atoms with E-state index in [9.17, 15) is 17.6 Å². The van der Waals surface area contributed by atoms with Gasteiger partial charge in [0.1, 0.15) is 12.4 Å². The number of halogens is 2. The Bertz CT molecular complexity index is 894. The zero-order valence-corrected chi connectivity index (χ0v) is 17.1. The second kappa shape index (κ2) is 9.96. The quantitative estimate of drug-likeness (QED) is 0.620. The van der Waals surface area contributed by atoms with Crippen LogP contribution in [-0.2, 0) is 20.6 Å². The van der Waals surface area contributed by atoms with E-state index in [2.05, 4.69) is 5.32 Å². The zero-order chi connectivity index (χ0) is 19.9. The highest BCUT2D eigenvalue weighted by Crippen LogP contribution is 2.21. The monoisotopic (exact) mass is 430 g/mol. The molecular formula is C18H20ClFN2O3S2. The van der Waals surface area contributed by atoms with Gasteiger partial charge in [-0.3, -0.25) is 9.10 Å². The first-order chi connectivity index (χ1) is 12.8. The predicted molar refractivity (Wildman–Crippen MR) is 109 cm³/mol. The molecule has 2 aromatic carbocycles. The lowest BCUT2D eigenvalue weighted by Gasteiger charge is -2.22. The second-order valence-corrected chi connectivity index (χ2v) is 9.20. The fourth-order valence-corrected chi connectivity index (χ4v) is 4.18. The minimum Gasteiger partial charge on any atom is -0.354 e. The summed E-state index contributed by atoms with van der Waals surface area (Å²) in [5.41, 5.74) is 0.937. The molecular weight excluding hydrogens is 411 g/mol. The number of nitrogens with one attached hydrogen (secondary N) is 1. The number of amides is 1. The van der Waals surface area contributed by atoms with E-state index in [0.717, 1.165) is 27.9 Å². The van der Waals surface area contributed by atoms with Gasteiger partial charge >= 0.3 is 0 Å². The van der Waals surface area contributed by atoms with Crippen molar-refractivity contribution in [2.24, 2.45) is 0 Å². The molecule has 2 rings (SSSR count). The normalized spacial score (nSPS) is 11.2. The van der Waals surface area contributed by atoms with Crippen molar-refractivity contribution in [1.82, 2.24) is 5.32 Å². The summed E-state index contributed by atoms with van der Waals surface area (Å²) in [5.74, 6) is 0.206. The van der Waals surface area contributed by atoms with Gasteiger partial charge in [-0.25, -0.2) is 12.8 Å². The summed E-state index contributed by atoms with van der Waals surface area (Å²) in [6.45, 7) is -0.0995. The van der Waals surface area contributed by atoms with Gasteiger partial charge in [0, 0.05) is 23.1 Å². The molecule has 0 fully saturated rings. The number of sulfonamides is 1. The Balaban J connectivity index is 1.83. The van der Waals surface area contributed by atoms with Crippen LogP contribution in [0.15, 0.2) is 48.5 Å². The van der Waals surface area contributed by atoms with Gasteiger partial charge in [-0.1, -0.05) is 35.9 Å². The Kier molecular flexibility index (Phi) is 7.94. The van der Waals surface area contributed by atoms with Crippen LogP contribution in [0.5, 0.6) is 0 Å². The van der Waals surface area contributed by atoms with Gasteiger partial charge in [-0.15, -0.1) is 0 Å². The molecule has 0 aliphatic carbocycles. The van der Waals surface area contributed by atoms with E-state index in [1.54, 1.807) is 17.8 Å². The minimum atomic E-state index is -3.80. The SMILES string of the molecule is CS(=O)(=O)N(CC(=O)NCCSCc1cccc(Cl)c1)c1ccccc1F. The van der Waals surface area contributed by atoms with Gasteiger partial charge in [0.15, 0.2) is 0 Å². The maximum absolute atomic E-state index is 13.9. The summed E-state index contributed by atoms with van der Waals surface area (Å²) in [6.07, 6.45) is 0.938. The number of anilines is 1. The molecule has 2 aromatic rings. The highest BCUT2D eigenvalue weighted by molar-refractivity contribution is 7.98. The smallest absolute Gasteiger partial charge is 0.240 e. The maximum Gasteiger partial charge on any atom is 0.240 e. The van der Waals surface area contributed by atoms with Gasteiger partial charge in [0.2, 0.25) is 15.9 Å². The van der Waals surface area contributed by atoms with Crippen molar-refractivity contribution in [2.75, 3.05) is 29.4 Å². The molecule has 1 N–H and O–H groups in total. The number of rotatable bonds is 9. The Hall–Kier alpha value is -1.77. The van der Waals surface area contributed by atoms with E-state index in [1.807, 2.05) is 18.2 Å². The molecule has 0 saturated carbocycles. The Morgan fingerprint density at radius 3 is 2.63 bits per heavy atom. The molecule has 5 nitrogen and oxygen atoms in total. The standard InChI is InChI=1S/C18H20ClFN2O3S2/c1-27(24,25)22(17-8-3-2-7-16(17)20)12-18(23)21-9-10-26-13-14-5-4-6-15(19)11-14/h2-8,11H,9-10,12-13H2,1H3,(H,21,23). The molecule has 146 valence electrons. The molecule has 0 unspecified atom stereocenters. The zero-order valence-electron chi connectivity index (χ0n) is 14.7. The first-order valence-corrected chi connectivity index (χ1v) is 11.5. The van der Waals surface area contributed by atoms with Crippen LogP contribution in [0.4, 0.5) is 10.1 Å². The molecule has 0 aliphatic rings. The van der Waals surface area contributed by atoms with Crippen LogP contribution in [0.1, 0.15) is 5.56 Å². The highest BCUT2D eigenvalue weighted by Gasteiger charge is 2.23. The largest absolute Gasteiger partial charge is 0.354 e. The number of hydrogen-bond acceptors (Lipinski definition) is 4. The summed E-state index contributed by atoms with van der Waals surface area (Å²) in [7, 11) is -3.80. The van der Waals surface area contributed by atoms with Crippen molar-refractivity contribution in [3.8, 4) is 0 Å². The Morgan fingerprint density at radius 2 is 1.96 bits per heavy atom. The van der Waals surface area contributed by atoms with Crippen molar-refractivity contribution in [1.29, 1.82) is 0 Å². The van der Waals surface area contributed by atoms with Gasteiger partial charge < -0.3 is 5.32 Å². The second-order valence-electron chi connectivity index (χ2n) is 5.75. The van der Waals surface area contributed by atoms with Gasteiger partial charge in [0.25, 0.3) is 0 Å². The number of carbonyl (C=O) groups is 1. The predicted octanol–water partition coefficient (Wildman–Crippen LogP) is 3.29. The Morgan fingerprint density at radius 1 is 1.22 bits per heavy atom. The molecule has 27 heavy (non-hydrogen) atoms. The molecule has 1 amide bonds. The number of para-hydroxylation sites is 1. The van der Waals surface area contributed by atoms with Crippen LogP contribution < -0.4 is 9.62 Å². The number of thioether (sulfide) groups is 1. The van der Waals surface area contributed by atoms with E-state index in [4.69, 9.17) is 11.6 Å². The molecule has 0 atom stereocenters. The van der Waals surface area contributed by atoms with Crippen LogP contribution in [0.2, 0.25) is 5.02 Å². The fourth-order valence-electron chi connectivity index (χ4n) is 2.30. The van der Waals surface area contributed by atoms with Gasteiger partial charge in [-0.05, 0) is 29.8 Å². The number of nitrogens with zero attached hydrogens (tertiary/aromatic N) is 1. The van der Waals surface area contributed by atoms with Crippen molar-refractivity contribution in [3.05, 3.63) is 64.9 Å². The average Bonchev–Trinajstić information content (AvgIpc) is 2.59. The van der Waals surface area contributed by atoms with Crippen LogP contribution in [0.3, 0.4) is 0 Å². The van der Waals surface area contributed by atoms with Crippen molar-refractivity contribution in [3.63, 3.8) is 0 Å². The van der Waals surface area contributed by atoms with E-state index in [-0.39, 0.29) is 5.69 Å². The van der Waals surface area contributed by atoms with Crippen molar-refractivity contribution in [2.45, 2.75) is 5.75 Å². The van der Waals surface area contributed by atoms with Crippen molar-refractivity contribution < 1.29 is 17.6 Å². The van der Waals surface area contributed by atoms with Crippen LogP contribution >= 0.6 is 23.4 Å². The average molecular weight is 431 g/mol. The van der Waals surface area contributed by atoms with Crippen LogP contribution in [-0.4, -0.2) is 39.4 Å². The van der Waals surface area contributed by atoms with Gasteiger partial charge in [-0.2, -0.15) is 11.8 Å². The summed E-state index contributed by atoms with van der Waals surface area (Å²) in [4.78, 5) is 12.1. The molecule has 0 spiro atoms. The number of carbonyl (C=O) groups excluding carboxylic acids is 1. The highest BCUT2D eigenvalue weighted by atomic mass is 35.5. The van der Waals surface area contributed by atoms with Crippen molar-refractivity contribution >= 4 is 45.0 Å². The fraction of sp³-hybridized carbons (Fsp3) is 0.278. The summed E-state index contributed by atoms with van der Waals surface area (Å²) < 4.78 is 38.6. The van der Waals surface area contributed by atoms with Crippen LogP contribution in [0, 0.1) is 5.82 Å². The first kappa shape index (κ1) is 21.5. The van der Waals surface area contributed by atoms with Crippen LogP contribution in [0.25, 0.3) is 0 Å². The third-order valence-corrected chi connectivity index (χ3v) is 5.93. The molecule has 0 radical (unpaired) electrons. The summed E-state index contributed by atoms with van der Waals surface area (Å²) in [6, 6.07) is 13.0. The third kappa shape index (κ3) is 7.04. The lowest BCUT2D eigenvalue weighted by atomic mass is 10.2. The number of hydrogen-bond donors (Lipinski definition) is 1. The molecule has 0 aliphatic heterocycles. The van der Waals surface area contributed by atoms with E-state index >= 15 is 0 Å². The lowest BCUT2D eigenvalue weighted by molar-refractivity contribution is -0.119. The molecule has 9 heteroatoms. The third-order valence-electron chi connectivity index (χ3n) is 3.54. The van der Waals surface area contributed by atoms with E-state index in [0.29, 0.717) is 17.3 Å². The molecule has 0 aromatic heterocycles. The topological polar surface area (TPSA) is 66.5 Å². The Labute approximate surface area is 168 Å². The lowest BCUT2D eigenvalue weighted by Crippen LogP contribution is -2.41. The summed E-state index contributed by atoms with van der Waals surface area (Å²) in [5, 5.41) is 3.33. The maximum atomic E-state index is 13.9. The first-order valence-electron chi connectivity index (χ1n) is 8.08. The molecule has 0 bridgehead atoms. The summed E-state index contributed by atoms with van der Waals surface area (Å²) >= 11 is 7.54. The van der Waals surface area contributed by atoms with E-state index < -0.39 is 28.3 Å². The van der Waals surface area contributed by atoms with Gasteiger partial charge in [0.05, 0.1) is 11.9 Å². The van der Waals surface area contributed by atoms with E-state index in [1.165, 1.54) is 18.2 Å². The minimum absolute atomic E-state index is 0.148. The molecule has 0 heterocycles.